The Morgan fingerprint density at radius 2 is 2.00 bits per heavy atom. The number of aromatic amines is 1. The first-order valence-corrected chi connectivity index (χ1v) is 10.7. The van der Waals surface area contributed by atoms with Gasteiger partial charge in [-0.1, -0.05) is 0 Å². The number of amides is 1. The molecule has 3 N–H and O–H groups in total. The third-order valence-electron chi connectivity index (χ3n) is 5.73. The number of H-pyrrole nitrogens is 1. The third kappa shape index (κ3) is 4.38. The van der Waals surface area contributed by atoms with Crippen LogP contribution in [0.5, 0.6) is 0 Å². The zero-order valence-electron chi connectivity index (χ0n) is 18.2. The lowest BCUT2D eigenvalue weighted by atomic mass is 10.1. The number of likely N-dealkylation sites (tertiary alicyclic amines) is 1. The number of anilines is 1. The van der Waals surface area contributed by atoms with Crippen molar-refractivity contribution in [1.29, 1.82) is 0 Å². The van der Waals surface area contributed by atoms with E-state index in [1.807, 2.05) is 5.10 Å². The van der Waals surface area contributed by atoms with E-state index in [2.05, 4.69) is 25.4 Å². The van der Waals surface area contributed by atoms with Crippen molar-refractivity contribution < 1.29 is 31.9 Å². The number of hydrogen-bond donors (Lipinski definition) is 3. The van der Waals surface area contributed by atoms with E-state index in [4.69, 9.17) is 0 Å². The number of rotatable bonds is 4. The molecule has 0 aliphatic carbocycles. The molecule has 1 atom stereocenters. The van der Waals surface area contributed by atoms with Crippen LogP contribution in [0.3, 0.4) is 0 Å². The molecule has 0 bridgehead atoms. The minimum Gasteiger partial charge on any atom is -0.465 e. The minimum atomic E-state index is -4.68. The van der Waals surface area contributed by atoms with Crippen LogP contribution >= 0.6 is 0 Å². The first kappa shape index (κ1) is 23.4. The third-order valence-corrected chi connectivity index (χ3v) is 5.73. The summed E-state index contributed by atoms with van der Waals surface area (Å²) in [6, 6.07) is 3.09. The van der Waals surface area contributed by atoms with Gasteiger partial charge >= 0.3 is 12.3 Å². The van der Waals surface area contributed by atoms with Crippen LogP contribution in [0.4, 0.5) is 32.6 Å². The highest BCUT2D eigenvalue weighted by Gasteiger charge is 2.35. The van der Waals surface area contributed by atoms with Crippen molar-refractivity contribution in [3.63, 3.8) is 0 Å². The van der Waals surface area contributed by atoms with Gasteiger partial charge in [0, 0.05) is 37.0 Å². The zero-order valence-corrected chi connectivity index (χ0v) is 18.2. The molecule has 10 nitrogen and oxygen atoms in total. The monoisotopic (exact) mass is 508 g/mol. The van der Waals surface area contributed by atoms with Crippen LogP contribution in [-0.2, 0) is 6.18 Å². The van der Waals surface area contributed by atoms with Crippen molar-refractivity contribution in [3.05, 3.63) is 48.1 Å². The smallest absolute Gasteiger partial charge is 0.451 e. The fraction of sp³-hybridized carbons (Fsp3) is 0.286. The molecule has 5 heterocycles. The fourth-order valence-electron chi connectivity index (χ4n) is 4.02. The van der Waals surface area contributed by atoms with Gasteiger partial charge in [-0.2, -0.15) is 18.3 Å². The van der Waals surface area contributed by atoms with Gasteiger partial charge < -0.3 is 15.3 Å². The summed E-state index contributed by atoms with van der Waals surface area (Å²) in [4.78, 5) is 24.1. The summed E-state index contributed by atoms with van der Waals surface area (Å²) in [5.74, 6) is -3.58. The van der Waals surface area contributed by atoms with Crippen molar-refractivity contribution in [2.45, 2.75) is 25.1 Å². The number of fused-ring (bicyclic) bond motifs is 1. The van der Waals surface area contributed by atoms with Crippen molar-refractivity contribution in [3.8, 4) is 22.8 Å². The molecule has 188 valence electrons. The summed E-state index contributed by atoms with van der Waals surface area (Å²) in [6.45, 7) is 0.492. The van der Waals surface area contributed by atoms with Crippen molar-refractivity contribution >= 4 is 17.6 Å². The first-order valence-electron chi connectivity index (χ1n) is 10.7. The van der Waals surface area contributed by atoms with Crippen LogP contribution in [0.25, 0.3) is 28.4 Å². The molecule has 1 amide bonds. The molecule has 4 aromatic rings. The van der Waals surface area contributed by atoms with Crippen LogP contribution in [0.15, 0.2) is 30.6 Å². The molecular weight excluding hydrogens is 491 g/mol. The van der Waals surface area contributed by atoms with E-state index >= 15 is 0 Å². The number of carboxylic acid groups (broad SMARTS) is 1. The van der Waals surface area contributed by atoms with Gasteiger partial charge in [0.15, 0.2) is 23.3 Å². The van der Waals surface area contributed by atoms with E-state index in [0.717, 1.165) is 0 Å². The number of aromatic nitrogens is 6. The largest absolute Gasteiger partial charge is 0.465 e. The lowest BCUT2D eigenvalue weighted by Crippen LogP contribution is -2.44. The number of imidazole rings is 1. The first-order chi connectivity index (χ1) is 17.1. The molecule has 0 saturated carbocycles. The second-order valence-corrected chi connectivity index (χ2v) is 8.15. The predicted octanol–water partition coefficient (Wildman–Crippen LogP) is 4.03. The number of halogens is 5. The standard InChI is InChI=1S/C21H17F5N8O2/c22-12-7-13(23)18(28-11-2-1-4-33(9-11)20(35)36)29-16(12)14-8-27-15-6-10(3-5-34(14)15)17-30-19(32-31-17)21(24,25)26/h3,5-8,11H,1-2,4,9H2,(H,28,29)(H,35,36)(H,30,31,32)/t11-/m1/s1. The second-order valence-electron chi connectivity index (χ2n) is 8.15. The van der Waals surface area contributed by atoms with E-state index in [0.29, 0.717) is 25.5 Å². The van der Waals surface area contributed by atoms with Crippen LogP contribution in [0.2, 0.25) is 0 Å². The highest BCUT2D eigenvalue weighted by Crippen LogP contribution is 2.30. The number of carbonyl (C=O) groups is 1. The summed E-state index contributed by atoms with van der Waals surface area (Å²) in [7, 11) is 0. The van der Waals surface area contributed by atoms with Crippen LogP contribution in [0, 0.1) is 11.6 Å². The molecule has 5 rings (SSSR count). The Hall–Kier alpha value is -4.30. The highest BCUT2D eigenvalue weighted by atomic mass is 19.4. The van der Waals surface area contributed by atoms with Gasteiger partial charge in [-0.25, -0.2) is 28.5 Å². The topological polar surface area (TPSA) is 124 Å². The molecule has 36 heavy (non-hydrogen) atoms. The number of alkyl halides is 3. The maximum atomic E-state index is 14.7. The lowest BCUT2D eigenvalue weighted by molar-refractivity contribution is -0.144. The Morgan fingerprint density at radius 3 is 2.72 bits per heavy atom. The number of piperidine rings is 1. The molecular formula is C21H17F5N8O2. The van der Waals surface area contributed by atoms with Gasteiger partial charge in [-0.3, -0.25) is 9.50 Å². The maximum Gasteiger partial charge on any atom is 0.451 e. The van der Waals surface area contributed by atoms with Crippen LogP contribution in [0.1, 0.15) is 18.7 Å². The molecule has 0 aromatic carbocycles. The maximum absolute atomic E-state index is 14.7. The molecule has 1 aliphatic rings. The Bertz CT molecular complexity index is 1450. The van der Waals surface area contributed by atoms with Gasteiger partial charge in [-0.15, -0.1) is 0 Å². The Labute approximate surface area is 198 Å². The summed E-state index contributed by atoms with van der Waals surface area (Å²) in [6.07, 6.45) is -1.90. The predicted molar refractivity (Wildman–Crippen MR) is 115 cm³/mol. The van der Waals surface area contributed by atoms with E-state index in [-0.39, 0.29) is 40.8 Å². The zero-order chi connectivity index (χ0) is 25.6. The van der Waals surface area contributed by atoms with Gasteiger partial charge in [0.05, 0.1) is 11.9 Å². The van der Waals surface area contributed by atoms with Crippen molar-refractivity contribution in [2.75, 3.05) is 18.4 Å². The fourth-order valence-corrected chi connectivity index (χ4v) is 4.02. The molecule has 0 radical (unpaired) electrons. The lowest BCUT2D eigenvalue weighted by Gasteiger charge is -2.31. The molecule has 15 heteroatoms. The Kier molecular flexibility index (Phi) is 5.68. The van der Waals surface area contributed by atoms with Crippen molar-refractivity contribution in [2.24, 2.45) is 0 Å². The normalized spacial score (nSPS) is 16.5. The van der Waals surface area contributed by atoms with Gasteiger partial charge in [0.2, 0.25) is 5.82 Å². The summed E-state index contributed by atoms with van der Waals surface area (Å²) in [5.41, 5.74) is 0.424. The number of nitrogens with one attached hydrogen (secondary N) is 2. The summed E-state index contributed by atoms with van der Waals surface area (Å²) < 4.78 is 69.1. The van der Waals surface area contributed by atoms with Gasteiger partial charge in [0.25, 0.3) is 0 Å². The summed E-state index contributed by atoms with van der Waals surface area (Å²) in [5, 5.41) is 17.5. The van der Waals surface area contributed by atoms with Crippen molar-refractivity contribution in [1.82, 2.24) is 34.4 Å². The Balaban J connectivity index is 1.45. The minimum absolute atomic E-state index is 0.124. The quantitative estimate of drug-likeness (QED) is 0.356. The molecule has 4 aromatic heterocycles. The molecule has 1 fully saturated rings. The molecule has 0 unspecified atom stereocenters. The van der Waals surface area contributed by atoms with E-state index in [9.17, 15) is 31.9 Å². The van der Waals surface area contributed by atoms with Gasteiger partial charge in [0.1, 0.15) is 11.3 Å². The van der Waals surface area contributed by atoms with Crippen LogP contribution < -0.4 is 5.32 Å². The number of hydrogen-bond acceptors (Lipinski definition) is 6. The average molecular weight is 508 g/mol. The molecule has 0 spiro atoms. The molecule has 1 aliphatic heterocycles. The molecule has 1 saturated heterocycles. The second kappa shape index (κ2) is 8.73. The Morgan fingerprint density at radius 1 is 1.19 bits per heavy atom. The van der Waals surface area contributed by atoms with E-state index < -0.39 is 35.8 Å². The van der Waals surface area contributed by atoms with E-state index in [1.54, 1.807) is 0 Å². The average Bonchev–Trinajstić information content (AvgIpc) is 3.48. The number of nitrogens with zero attached hydrogens (tertiary/aromatic N) is 6. The van der Waals surface area contributed by atoms with Gasteiger partial charge in [-0.05, 0) is 25.0 Å². The van der Waals surface area contributed by atoms with Crippen LogP contribution in [-0.4, -0.2) is 64.8 Å². The summed E-state index contributed by atoms with van der Waals surface area (Å²) >= 11 is 0. The number of pyridine rings is 2. The highest BCUT2D eigenvalue weighted by molar-refractivity contribution is 5.68. The van der Waals surface area contributed by atoms with E-state index in [1.165, 1.54) is 33.8 Å². The SMILES string of the molecule is O=C(O)N1CCC[C@@H](Nc2nc(-c3cnc4cc(-c5n[nH]c(C(F)(F)F)n5)ccn34)c(F)cc2F)C1.